The molecule has 2 heterocycles. The second-order valence-corrected chi connectivity index (χ2v) is 13.0. The predicted molar refractivity (Wildman–Crippen MR) is 166 cm³/mol. The Hall–Kier alpha value is -4.69. The predicted octanol–water partition coefficient (Wildman–Crippen LogP) is 5.89. The average molecular weight is 709 g/mol. The van der Waals surface area contributed by atoms with Crippen molar-refractivity contribution in [3.05, 3.63) is 93.1 Å². The van der Waals surface area contributed by atoms with Gasteiger partial charge in [0.1, 0.15) is 23.6 Å². The highest BCUT2D eigenvalue weighted by Gasteiger charge is 2.38. The number of rotatable bonds is 8. The smallest absolute Gasteiger partial charge is 0.475 e. The van der Waals surface area contributed by atoms with E-state index in [0.29, 0.717) is 40.8 Å². The van der Waals surface area contributed by atoms with E-state index in [1.165, 1.54) is 23.5 Å². The molecule has 246 valence electrons. The largest absolute Gasteiger partial charge is 0.490 e. The van der Waals surface area contributed by atoms with Gasteiger partial charge in [0, 0.05) is 18.5 Å². The van der Waals surface area contributed by atoms with Crippen LogP contribution in [0.2, 0.25) is 5.02 Å². The van der Waals surface area contributed by atoms with Gasteiger partial charge in [0.25, 0.3) is 0 Å². The van der Waals surface area contributed by atoms with Gasteiger partial charge in [-0.3, -0.25) is 10.1 Å². The molecule has 1 saturated heterocycles. The number of hydrogen-bond donors (Lipinski definition) is 3. The van der Waals surface area contributed by atoms with Crippen LogP contribution in [0.5, 0.6) is 0 Å². The molecule has 0 unspecified atom stereocenters. The number of halogens is 4. The fraction of sp³-hybridized carbons (Fsp3) is 0.200. The Labute approximate surface area is 275 Å². The monoisotopic (exact) mass is 708 g/mol. The molecule has 0 spiro atoms. The molecule has 5 rings (SSSR count). The van der Waals surface area contributed by atoms with Gasteiger partial charge in [-0.25, -0.2) is 18.0 Å². The summed E-state index contributed by atoms with van der Waals surface area (Å²) >= 11 is 7.82. The molecule has 11 nitrogen and oxygen atoms in total. The number of aliphatic carboxylic acids is 1. The number of ether oxygens (including phenoxy) is 1. The van der Waals surface area contributed by atoms with Gasteiger partial charge < -0.3 is 14.7 Å². The van der Waals surface area contributed by atoms with Gasteiger partial charge in [-0.05, 0) is 52.6 Å². The van der Waals surface area contributed by atoms with Crippen LogP contribution in [0.15, 0.2) is 77.0 Å². The van der Waals surface area contributed by atoms with Crippen LogP contribution in [0.1, 0.15) is 22.4 Å². The first-order valence-electron chi connectivity index (χ1n) is 13.5. The normalized spacial score (nSPS) is 14.7. The van der Waals surface area contributed by atoms with Crippen LogP contribution in [-0.4, -0.2) is 55.2 Å². The minimum atomic E-state index is -5.08. The Morgan fingerprint density at radius 2 is 1.81 bits per heavy atom. The first-order valence-corrected chi connectivity index (χ1v) is 16.2. The number of hydrogen-bond acceptors (Lipinski definition) is 8. The fourth-order valence-corrected chi connectivity index (χ4v) is 6.63. The molecule has 1 aliphatic rings. The Morgan fingerprint density at radius 3 is 2.45 bits per heavy atom. The zero-order valence-corrected chi connectivity index (χ0v) is 26.3. The standard InChI is InChI=1S/C28H23ClN4O5S2.C2HF3O2/c29-26-23-8-7-22(13-20(23)6-9-24(26)31-28(35)38-16-18-4-2-1-3-5-18)40(36,37)32-25-10-11-33(27(25)34)15-19-12-21(14-30)39-17-19;3-2(4,5)1(6)7/h1-9,12-13,17,25,32H,10-11,15-16H2,(H,31,35);(H,6,7)/t25-;/m0./s1. The Morgan fingerprint density at radius 1 is 1.11 bits per heavy atom. The number of likely N-dealkylation sites (tertiary alicyclic amines) is 1. The summed E-state index contributed by atoms with van der Waals surface area (Å²) in [5.41, 5.74) is 2.00. The highest BCUT2D eigenvalue weighted by Crippen LogP contribution is 2.33. The average Bonchev–Trinajstić information content (AvgIpc) is 3.63. The molecule has 0 saturated carbocycles. The van der Waals surface area contributed by atoms with Gasteiger partial charge in [0.05, 0.1) is 15.6 Å². The topological polar surface area (TPSA) is 166 Å². The number of nitrogens with one attached hydrogen (secondary N) is 2. The third-order valence-corrected chi connectivity index (χ3v) is 9.42. The molecule has 17 heteroatoms. The molecule has 1 aliphatic heterocycles. The number of alkyl halides is 3. The van der Waals surface area contributed by atoms with E-state index in [9.17, 15) is 31.2 Å². The van der Waals surface area contributed by atoms with Gasteiger partial charge in [-0.15, -0.1) is 11.3 Å². The molecule has 1 atom stereocenters. The van der Waals surface area contributed by atoms with E-state index >= 15 is 0 Å². The number of benzene rings is 3. The van der Waals surface area contributed by atoms with Crippen LogP contribution in [0.3, 0.4) is 0 Å². The number of carbonyl (C=O) groups is 3. The molecular weight excluding hydrogens is 685 g/mol. The summed E-state index contributed by atoms with van der Waals surface area (Å²) in [5, 5.41) is 21.9. The zero-order chi connectivity index (χ0) is 34.4. The number of carbonyl (C=O) groups excluding carboxylic acids is 2. The zero-order valence-electron chi connectivity index (χ0n) is 24.0. The number of nitriles is 1. The van der Waals surface area contributed by atoms with Crippen molar-refractivity contribution in [1.29, 1.82) is 5.26 Å². The van der Waals surface area contributed by atoms with Gasteiger partial charge >= 0.3 is 18.2 Å². The van der Waals surface area contributed by atoms with Gasteiger partial charge in [-0.1, -0.05) is 54.1 Å². The van der Waals surface area contributed by atoms with Crippen molar-refractivity contribution in [1.82, 2.24) is 9.62 Å². The van der Waals surface area contributed by atoms with Crippen molar-refractivity contribution in [2.24, 2.45) is 0 Å². The van der Waals surface area contributed by atoms with Crippen molar-refractivity contribution in [2.75, 3.05) is 11.9 Å². The van der Waals surface area contributed by atoms with Crippen LogP contribution in [0, 0.1) is 11.3 Å². The quantitative estimate of drug-likeness (QED) is 0.204. The summed E-state index contributed by atoms with van der Waals surface area (Å²) in [6, 6.07) is 19.8. The Balaban J connectivity index is 0.000000644. The second-order valence-electron chi connectivity index (χ2n) is 9.95. The van der Waals surface area contributed by atoms with E-state index in [2.05, 4.69) is 16.1 Å². The first-order chi connectivity index (χ1) is 22.2. The van der Waals surface area contributed by atoms with E-state index in [0.717, 1.165) is 11.1 Å². The minimum Gasteiger partial charge on any atom is -0.475 e. The summed E-state index contributed by atoms with van der Waals surface area (Å²) in [5.74, 6) is -3.07. The highest BCUT2D eigenvalue weighted by molar-refractivity contribution is 7.89. The molecule has 1 fully saturated rings. The van der Waals surface area contributed by atoms with Crippen molar-refractivity contribution in [3.63, 3.8) is 0 Å². The maximum absolute atomic E-state index is 13.1. The van der Waals surface area contributed by atoms with Gasteiger partial charge in [0.15, 0.2) is 0 Å². The lowest BCUT2D eigenvalue weighted by Gasteiger charge is -2.17. The molecule has 0 aliphatic carbocycles. The number of fused-ring (bicyclic) bond motifs is 1. The number of nitrogens with zero attached hydrogens (tertiary/aromatic N) is 2. The molecule has 47 heavy (non-hydrogen) atoms. The van der Waals surface area contributed by atoms with Crippen LogP contribution < -0.4 is 10.0 Å². The maximum Gasteiger partial charge on any atom is 0.490 e. The molecule has 3 aromatic carbocycles. The minimum absolute atomic E-state index is 0.0122. The van der Waals surface area contributed by atoms with Crippen molar-refractivity contribution >= 4 is 67.4 Å². The van der Waals surface area contributed by atoms with Crippen LogP contribution in [0.25, 0.3) is 10.8 Å². The van der Waals surface area contributed by atoms with E-state index in [-0.39, 0.29) is 22.4 Å². The summed E-state index contributed by atoms with van der Waals surface area (Å²) in [4.78, 5) is 36.2. The summed E-state index contributed by atoms with van der Waals surface area (Å²) in [6.45, 7) is 0.823. The number of carboxylic acid groups (broad SMARTS) is 1. The summed E-state index contributed by atoms with van der Waals surface area (Å²) in [6.07, 6.45) is -5.42. The Bertz CT molecular complexity index is 1950. The second kappa shape index (κ2) is 14.8. The van der Waals surface area contributed by atoms with Crippen LogP contribution >= 0.6 is 22.9 Å². The molecular formula is C30H24ClF3N4O7S2. The lowest BCUT2D eigenvalue weighted by molar-refractivity contribution is -0.192. The SMILES string of the molecule is N#Cc1cc(CN2CC[C@H](NS(=O)(=O)c3ccc4c(Cl)c(NC(=O)OCc5ccccc5)ccc4c3)C2=O)cs1.O=C(O)C(F)(F)F. The molecule has 4 aromatic rings. The number of anilines is 1. The van der Waals surface area contributed by atoms with E-state index < -0.39 is 34.3 Å². The van der Waals surface area contributed by atoms with Gasteiger partial charge in [-0.2, -0.15) is 23.2 Å². The highest BCUT2D eigenvalue weighted by atomic mass is 35.5. The van der Waals surface area contributed by atoms with Crippen molar-refractivity contribution in [3.8, 4) is 6.07 Å². The first kappa shape index (κ1) is 35.2. The summed E-state index contributed by atoms with van der Waals surface area (Å²) < 4.78 is 65.8. The fourth-order valence-electron chi connectivity index (χ4n) is 4.40. The third-order valence-electron chi connectivity index (χ3n) is 6.66. The van der Waals surface area contributed by atoms with Gasteiger partial charge in [0.2, 0.25) is 15.9 Å². The molecule has 1 aromatic heterocycles. The molecule has 2 amide bonds. The number of carboxylic acids is 1. The number of sulfonamides is 1. The molecule has 3 N–H and O–H groups in total. The molecule has 0 radical (unpaired) electrons. The van der Waals surface area contributed by atoms with Crippen molar-refractivity contribution < 1.29 is 45.8 Å². The summed E-state index contributed by atoms with van der Waals surface area (Å²) in [7, 11) is -4.01. The van der Waals surface area contributed by atoms with E-state index in [1.54, 1.807) is 29.2 Å². The van der Waals surface area contributed by atoms with E-state index in [4.69, 9.17) is 31.5 Å². The van der Waals surface area contributed by atoms with Crippen molar-refractivity contribution in [2.45, 2.75) is 36.7 Å². The number of thiophene rings is 1. The maximum atomic E-state index is 13.1. The van der Waals surface area contributed by atoms with Crippen LogP contribution in [-0.2, 0) is 37.5 Å². The Kier molecular flexibility index (Phi) is 11.1. The lowest BCUT2D eigenvalue weighted by Crippen LogP contribution is -2.41. The lowest BCUT2D eigenvalue weighted by atomic mass is 10.1. The number of amides is 2. The third kappa shape index (κ3) is 9.20. The molecule has 0 bridgehead atoms. The van der Waals surface area contributed by atoms with E-state index in [1.807, 2.05) is 35.7 Å². The van der Waals surface area contributed by atoms with Crippen LogP contribution in [0.4, 0.5) is 23.7 Å².